The van der Waals surface area contributed by atoms with Gasteiger partial charge in [0.15, 0.2) is 0 Å². The van der Waals surface area contributed by atoms with Gasteiger partial charge in [-0.05, 0) is 12.1 Å². The van der Waals surface area contributed by atoms with E-state index in [2.05, 4.69) is 0 Å². The normalized spacial score (nSPS) is 9.93. The van der Waals surface area contributed by atoms with Gasteiger partial charge in [-0.1, -0.05) is 17.7 Å². The van der Waals surface area contributed by atoms with Crippen molar-refractivity contribution in [3.8, 4) is 0 Å². The van der Waals surface area contributed by atoms with Crippen molar-refractivity contribution in [2.45, 2.75) is 0 Å². The molecule has 0 atom stereocenters. The predicted octanol–water partition coefficient (Wildman–Crippen LogP) is 1.56. The fourth-order valence-electron chi connectivity index (χ4n) is 1.01. The van der Waals surface area contributed by atoms with Crippen molar-refractivity contribution in [2.24, 2.45) is 0 Å². The van der Waals surface area contributed by atoms with E-state index < -0.39 is 0 Å². The van der Waals surface area contributed by atoms with E-state index >= 15 is 0 Å². The topological polar surface area (TPSA) is 55.6 Å². The SMILES string of the molecule is CON(C)C(=O)c1c(N)cccc1Cl. The molecule has 1 aromatic rings. The Balaban J connectivity index is 3.12. The molecule has 2 N–H and O–H groups in total. The van der Waals surface area contributed by atoms with E-state index in [0.717, 1.165) is 5.06 Å². The van der Waals surface area contributed by atoms with Crippen LogP contribution in [0.3, 0.4) is 0 Å². The van der Waals surface area contributed by atoms with Crippen LogP contribution in [0.15, 0.2) is 18.2 Å². The largest absolute Gasteiger partial charge is 0.398 e. The van der Waals surface area contributed by atoms with Crippen LogP contribution in [0.2, 0.25) is 5.02 Å². The van der Waals surface area contributed by atoms with Gasteiger partial charge in [0.05, 0.1) is 17.7 Å². The number of carbonyl (C=O) groups is 1. The van der Waals surface area contributed by atoms with E-state index in [4.69, 9.17) is 22.2 Å². The van der Waals surface area contributed by atoms with Crippen molar-refractivity contribution in [3.63, 3.8) is 0 Å². The number of benzene rings is 1. The molecule has 0 saturated carbocycles. The summed E-state index contributed by atoms with van der Waals surface area (Å²) in [6, 6.07) is 4.90. The first-order valence-corrected chi connectivity index (χ1v) is 4.32. The lowest BCUT2D eigenvalue weighted by atomic mass is 10.1. The summed E-state index contributed by atoms with van der Waals surface area (Å²) < 4.78 is 0. The summed E-state index contributed by atoms with van der Waals surface area (Å²) in [6.07, 6.45) is 0. The highest BCUT2D eigenvalue weighted by Crippen LogP contribution is 2.23. The molecule has 1 rings (SSSR count). The van der Waals surface area contributed by atoms with E-state index in [0.29, 0.717) is 10.7 Å². The van der Waals surface area contributed by atoms with Crippen LogP contribution in [0.4, 0.5) is 5.69 Å². The Kier molecular flexibility index (Phi) is 3.33. The third kappa shape index (κ3) is 1.97. The first-order chi connectivity index (χ1) is 6.57. The Morgan fingerprint density at radius 2 is 2.21 bits per heavy atom. The van der Waals surface area contributed by atoms with Gasteiger partial charge in [0.1, 0.15) is 0 Å². The molecular weight excluding hydrogens is 204 g/mol. The maximum atomic E-state index is 11.7. The molecular formula is C9H11ClN2O2. The van der Waals surface area contributed by atoms with Gasteiger partial charge in [-0.3, -0.25) is 9.63 Å². The zero-order chi connectivity index (χ0) is 10.7. The van der Waals surface area contributed by atoms with Crippen LogP contribution in [0.1, 0.15) is 10.4 Å². The Hall–Kier alpha value is -1.26. The first kappa shape index (κ1) is 10.8. The Labute approximate surface area is 87.2 Å². The van der Waals surface area contributed by atoms with Gasteiger partial charge in [-0.2, -0.15) is 0 Å². The Morgan fingerprint density at radius 3 is 2.71 bits per heavy atom. The molecule has 0 aliphatic heterocycles. The van der Waals surface area contributed by atoms with E-state index in [9.17, 15) is 4.79 Å². The number of hydrogen-bond donors (Lipinski definition) is 1. The second-order valence-electron chi connectivity index (χ2n) is 2.69. The third-order valence-corrected chi connectivity index (χ3v) is 2.13. The molecule has 0 radical (unpaired) electrons. The van der Waals surface area contributed by atoms with E-state index in [-0.39, 0.29) is 11.5 Å². The van der Waals surface area contributed by atoms with Crippen LogP contribution in [-0.4, -0.2) is 25.1 Å². The third-order valence-electron chi connectivity index (χ3n) is 1.82. The molecule has 76 valence electrons. The molecule has 0 saturated heterocycles. The second-order valence-corrected chi connectivity index (χ2v) is 3.10. The van der Waals surface area contributed by atoms with Crippen LogP contribution in [0, 0.1) is 0 Å². The highest BCUT2D eigenvalue weighted by atomic mass is 35.5. The number of amides is 1. The summed E-state index contributed by atoms with van der Waals surface area (Å²) in [5, 5.41) is 1.39. The molecule has 0 spiro atoms. The number of nitrogens with zero attached hydrogens (tertiary/aromatic N) is 1. The van der Waals surface area contributed by atoms with E-state index in [1.54, 1.807) is 18.2 Å². The molecule has 0 aromatic heterocycles. The summed E-state index contributed by atoms with van der Waals surface area (Å²) >= 11 is 5.84. The molecule has 0 aliphatic rings. The molecule has 1 amide bonds. The molecule has 5 heteroatoms. The summed E-state index contributed by atoms with van der Waals surface area (Å²) in [7, 11) is 2.88. The smallest absolute Gasteiger partial charge is 0.280 e. The summed E-state index contributed by atoms with van der Waals surface area (Å²) in [5.41, 5.74) is 6.23. The minimum atomic E-state index is -0.365. The van der Waals surface area contributed by atoms with Crippen molar-refractivity contribution in [2.75, 3.05) is 19.9 Å². The highest BCUT2D eigenvalue weighted by Gasteiger charge is 2.17. The van der Waals surface area contributed by atoms with Crippen molar-refractivity contribution in [1.82, 2.24) is 5.06 Å². The predicted molar refractivity (Wildman–Crippen MR) is 55.0 cm³/mol. The molecule has 0 bridgehead atoms. The minimum Gasteiger partial charge on any atom is -0.398 e. The number of hydrogen-bond acceptors (Lipinski definition) is 3. The fourth-order valence-corrected chi connectivity index (χ4v) is 1.27. The van der Waals surface area contributed by atoms with Crippen LogP contribution in [-0.2, 0) is 4.84 Å². The maximum Gasteiger partial charge on any atom is 0.280 e. The van der Waals surface area contributed by atoms with Gasteiger partial charge in [0.25, 0.3) is 5.91 Å². The summed E-state index contributed by atoms with van der Waals surface area (Å²) in [5.74, 6) is -0.365. The van der Waals surface area contributed by atoms with Crippen LogP contribution >= 0.6 is 11.6 Å². The summed E-state index contributed by atoms with van der Waals surface area (Å²) in [4.78, 5) is 16.4. The molecule has 14 heavy (non-hydrogen) atoms. The van der Waals surface area contributed by atoms with Crippen molar-refractivity contribution >= 4 is 23.2 Å². The molecule has 0 heterocycles. The van der Waals surface area contributed by atoms with Crippen LogP contribution < -0.4 is 5.73 Å². The lowest BCUT2D eigenvalue weighted by Crippen LogP contribution is -2.26. The second kappa shape index (κ2) is 4.30. The monoisotopic (exact) mass is 214 g/mol. The van der Waals surface area contributed by atoms with Gasteiger partial charge in [0, 0.05) is 12.7 Å². The number of carbonyl (C=O) groups excluding carboxylic acids is 1. The van der Waals surface area contributed by atoms with E-state index in [1.165, 1.54) is 14.2 Å². The van der Waals surface area contributed by atoms with Crippen molar-refractivity contribution in [1.29, 1.82) is 0 Å². The number of nitrogen functional groups attached to an aromatic ring is 1. The van der Waals surface area contributed by atoms with Gasteiger partial charge in [-0.25, -0.2) is 5.06 Å². The first-order valence-electron chi connectivity index (χ1n) is 3.94. The van der Waals surface area contributed by atoms with Crippen molar-refractivity contribution < 1.29 is 9.63 Å². The number of anilines is 1. The molecule has 0 aliphatic carbocycles. The lowest BCUT2D eigenvalue weighted by molar-refractivity contribution is -0.0756. The standard InChI is InChI=1S/C9H11ClN2O2/c1-12(14-2)9(13)8-6(10)4-3-5-7(8)11/h3-5H,11H2,1-2H3. The number of halogens is 1. The lowest BCUT2D eigenvalue weighted by Gasteiger charge is -2.15. The van der Waals surface area contributed by atoms with Crippen molar-refractivity contribution in [3.05, 3.63) is 28.8 Å². The Bertz CT molecular complexity index is 334. The summed E-state index contributed by atoms with van der Waals surface area (Å²) in [6.45, 7) is 0. The maximum absolute atomic E-state index is 11.7. The fraction of sp³-hybridized carbons (Fsp3) is 0.222. The molecule has 0 unspecified atom stereocenters. The zero-order valence-corrected chi connectivity index (χ0v) is 8.71. The van der Waals surface area contributed by atoms with E-state index in [1.807, 2.05) is 0 Å². The molecule has 1 aromatic carbocycles. The minimum absolute atomic E-state index is 0.263. The Morgan fingerprint density at radius 1 is 1.57 bits per heavy atom. The number of nitrogens with two attached hydrogens (primary N) is 1. The van der Waals surface area contributed by atoms with Gasteiger partial charge in [-0.15, -0.1) is 0 Å². The molecule has 0 fully saturated rings. The van der Waals surface area contributed by atoms with Gasteiger partial charge >= 0.3 is 0 Å². The van der Waals surface area contributed by atoms with Gasteiger partial charge in [0.2, 0.25) is 0 Å². The van der Waals surface area contributed by atoms with Crippen LogP contribution in [0.25, 0.3) is 0 Å². The average Bonchev–Trinajstić information content (AvgIpc) is 2.16. The van der Waals surface area contributed by atoms with Gasteiger partial charge < -0.3 is 5.73 Å². The highest BCUT2D eigenvalue weighted by molar-refractivity contribution is 6.34. The molecule has 4 nitrogen and oxygen atoms in total. The quantitative estimate of drug-likeness (QED) is 0.601. The van der Waals surface area contributed by atoms with Crippen LogP contribution in [0.5, 0.6) is 0 Å². The number of rotatable bonds is 2. The zero-order valence-electron chi connectivity index (χ0n) is 7.95. The average molecular weight is 215 g/mol. The number of hydroxylamine groups is 2.